The van der Waals surface area contributed by atoms with E-state index in [0.29, 0.717) is 6.54 Å². The fourth-order valence-electron chi connectivity index (χ4n) is 3.95. The van der Waals surface area contributed by atoms with E-state index >= 15 is 0 Å². The number of amides is 1. The number of carbonyl (C=O) groups excluding carboxylic acids is 1. The number of hydrogen-bond acceptors (Lipinski definition) is 5. The van der Waals surface area contributed by atoms with Crippen LogP contribution in [-0.4, -0.2) is 53.2 Å². The largest absolute Gasteiger partial charge is 0.370 e. The second-order valence-corrected chi connectivity index (χ2v) is 7.40. The van der Waals surface area contributed by atoms with Gasteiger partial charge in [-0.15, -0.1) is 10.2 Å². The van der Waals surface area contributed by atoms with Crippen molar-refractivity contribution < 1.29 is 4.79 Å². The second-order valence-electron chi connectivity index (χ2n) is 7.40. The fourth-order valence-corrected chi connectivity index (χ4v) is 3.95. The molecule has 1 saturated heterocycles. The molecule has 7 heteroatoms. The van der Waals surface area contributed by atoms with Gasteiger partial charge in [-0.05, 0) is 44.0 Å². The lowest BCUT2D eigenvalue weighted by molar-refractivity contribution is -0.125. The lowest BCUT2D eigenvalue weighted by Gasteiger charge is -2.31. The van der Waals surface area contributed by atoms with Gasteiger partial charge in [-0.25, -0.2) is 0 Å². The summed E-state index contributed by atoms with van der Waals surface area (Å²) in [6.07, 6.45) is 3.66. The standard InChI is InChI=1S/C22H28N6O/c1-2-26(19-8-4-3-5-9-19)17-13-23-21(29)18-11-15-27(16-12-18)22-25-24-20-10-6-7-14-28(20)22/h3-10,14,18H,2,11-13,15-17H2,1H3,(H,23,29). The van der Waals surface area contributed by atoms with E-state index in [2.05, 4.69) is 44.4 Å². The monoisotopic (exact) mass is 392 g/mol. The van der Waals surface area contributed by atoms with Crippen LogP contribution >= 0.6 is 0 Å². The number of benzene rings is 1. The van der Waals surface area contributed by atoms with E-state index in [4.69, 9.17) is 0 Å². The normalized spacial score (nSPS) is 14.9. The maximum absolute atomic E-state index is 12.6. The first-order valence-corrected chi connectivity index (χ1v) is 10.4. The summed E-state index contributed by atoms with van der Waals surface area (Å²) in [7, 11) is 0. The number of pyridine rings is 1. The van der Waals surface area contributed by atoms with Gasteiger partial charge >= 0.3 is 0 Å². The minimum atomic E-state index is 0.0669. The van der Waals surface area contributed by atoms with Gasteiger partial charge in [0.15, 0.2) is 5.65 Å². The lowest BCUT2D eigenvalue weighted by Crippen LogP contribution is -2.43. The highest BCUT2D eigenvalue weighted by molar-refractivity contribution is 5.79. The lowest BCUT2D eigenvalue weighted by atomic mass is 9.96. The molecule has 1 aliphatic heterocycles. The number of nitrogens with zero attached hydrogens (tertiary/aromatic N) is 5. The molecule has 1 amide bonds. The van der Waals surface area contributed by atoms with E-state index < -0.39 is 0 Å². The first-order chi connectivity index (χ1) is 14.3. The van der Waals surface area contributed by atoms with Crippen molar-refractivity contribution in [3.63, 3.8) is 0 Å². The van der Waals surface area contributed by atoms with Crippen molar-refractivity contribution in [1.82, 2.24) is 19.9 Å². The maximum atomic E-state index is 12.6. The summed E-state index contributed by atoms with van der Waals surface area (Å²) in [6, 6.07) is 16.2. The number of aromatic nitrogens is 3. The molecule has 0 aliphatic carbocycles. The summed E-state index contributed by atoms with van der Waals surface area (Å²) in [4.78, 5) is 17.1. The van der Waals surface area contributed by atoms with E-state index in [9.17, 15) is 4.79 Å². The summed E-state index contributed by atoms with van der Waals surface area (Å²) in [6.45, 7) is 6.18. The second kappa shape index (κ2) is 8.94. The molecule has 0 saturated carbocycles. The van der Waals surface area contributed by atoms with Crippen LogP contribution in [0.5, 0.6) is 0 Å². The van der Waals surface area contributed by atoms with Crippen molar-refractivity contribution in [1.29, 1.82) is 0 Å². The quantitative estimate of drug-likeness (QED) is 0.670. The van der Waals surface area contributed by atoms with Gasteiger partial charge in [0.05, 0.1) is 0 Å². The number of nitrogens with one attached hydrogen (secondary N) is 1. The van der Waals surface area contributed by atoms with E-state index in [-0.39, 0.29) is 11.8 Å². The number of fused-ring (bicyclic) bond motifs is 1. The zero-order valence-electron chi connectivity index (χ0n) is 16.9. The van der Waals surface area contributed by atoms with Crippen LogP contribution in [-0.2, 0) is 4.79 Å². The number of rotatable bonds is 7. The molecule has 3 heterocycles. The van der Waals surface area contributed by atoms with Gasteiger partial charge in [-0.3, -0.25) is 9.20 Å². The molecule has 29 heavy (non-hydrogen) atoms. The molecule has 2 aromatic heterocycles. The van der Waals surface area contributed by atoms with E-state index in [1.807, 2.05) is 47.0 Å². The molecule has 1 fully saturated rings. The third-order valence-electron chi connectivity index (χ3n) is 5.63. The Kier molecular flexibility index (Phi) is 5.93. The highest BCUT2D eigenvalue weighted by Gasteiger charge is 2.26. The molecule has 0 spiro atoms. The number of anilines is 2. The molecule has 0 bridgehead atoms. The Morgan fingerprint density at radius 3 is 2.62 bits per heavy atom. The highest BCUT2D eigenvalue weighted by Crippen LogP contribution is 2.22. The van der Waals surface area contributed by atoms with Crippen molar-refractivity contribution in [2.75, 3.05) is 42.5 Å². The predicted octanol–water partition coefficient (Wildman–Crippen LogP) is 2.59. The summed E-state index contributed by atoms with van der Waals surface area (Å²) in [5, 5.41) is 11.7. The average molecular weight is 393 g/mol. The topological polar surface area (TPSA) is 65.8 Å². The van der Waals surface area contributed by atoms with Gasteiger partial charge < -0.3 is 15.1 Å². The SMILES string of the molecule is CCN(CCNC(=O)C1CCN(c2nnc3ccccn23)CC1)c1ccccc1. The van der Waals surface area contributed by atoms with Gasteiger partial charge in [-0.2, -0.15) is 0 Å². The van der Waals surface area contributed by atoms with Crippen LogP contribution in [0.15, 0.2) is 54.7 Å². The van der Waals surface area contributed by atoms with E-state index in [1.54, 1.807) is 0 Å². The number of piperidine rings is 1. The van der Waals surface area contributed by atoms with Crippen LogP contribution in [0.3, 0.4) is 0 Å². The van der Waals surface area contributed by atoms with Crippen LogP contribution in [0.2, 0.25) is 0 Å². The van der Waals surface area contributed by atoms with Crippen LogP contribution in [0.1, 0.15) is 19.8 Å². The smallest absolute Gasteiger partial charge is 0.231 e. The summed E-state index contributed by atoms with van der Waals surface area (Å²) >= 11 is 0. The first kappa shape index (κ1) is 19.2. The first-order valence-electron chi connectivity index (χ1n) is 10.4. The Labute approximate surface area is 171 Å². The molecule has 3 aromatic rings. The average Bonchev–Trinajstić information content (AvgIpc) is 3.21. The molecular formula is C22H28N6O. The van der Waals surface area contributed by atoms with Gasteiger partial charge in [0.1, 0.15) is 0 Å². The maximum Gasteiger partial charge on any atom is 0.231 e. The number of likely N-dealkylation sites (N-methyl/N-ethyl adjacent to an activating group) is 1. The summed E-state index contributed by atoms with van der Waals surface area (Å²) < 4.78 is 2.00. The Morgan fingerprint density at radius 2 is 1.86 bits per heavy atom. The number of hydrogen-bond donors (Lipinski definition) is 1. The van der Waals surface area contributed by atoms with Crippen LogP contribution in [0, 0.1) is 5.92 Å². The predicted molar refractivity (Wildman–Crippen MR) is 115 cm³/mol. The Bertz CT molecular complexity index is 933. The molecule has 0 atom stereocenters. The Balaban J connectivity index is 1.26. The molecule has 4 rings (SSSR count). The van der Waals surface area contributed by atoms with Crippen molar-refractivity contribution in [2.24, 2.45) is 5.92 Å². The molecule has 7 nitrogen and oxygen atoms in total. The van der Waals surface area contributed by atoms with Gasteiger partial charge in [0.25, 0.3) is 0 Å². The zero-order valence-corrected chi connectivity index (χ0v) is 16.9. The highest BCUT2D eigenvalue weighted by atomic mass is 16.1. The molecule has 0 radical (unpaired) electrons. The Hall–Kier alpha value is -3.09. The third-order valence-corrected chi connectivity index (χ3v) is 5.63. The van der Waals surface area contributed by atoms with Crippen molar-refractivity contribution >= 4 is 23.2 Å². The van der Waals surface area contributed by atoms with Gasteiger partial charge in [0.2, 0.25) is 11.9 Å². The van der Waals surface area contributed by atoms with Crippen molar-refractivity contribution in [3.8, 4) is 0 Å². The molecule has 152 valence electrons. The number of para-hydroxylation sites is 1. The van der Waals surface area contributed by atoms with Crippen LogP contribution in [0.4, 0.5) is 11.6 Å². The minimum Gasteiger partial charge on any atom is -0.370 e. The van der Waals surface area contributed by atoms with Crippen LogP contribution < -0.4 is 15.1 Å². The minimum absolute atomic E-state index is 0.0669. The summed E-state index contributed by atoms with van der Waals surface area (Å²) in [5.41, 5.74) is 2.04. The Morgan fingerprint density at radius 1 is 1.10 bits per heavy atom. The molecular weight excluding hydrogens is 364 g/mol. The zero-order chi connectivity index (χ0) is 20.1. The summed E-state index contributed by atoms with van der Waals surface area (Å²) in [5.74, 6) is 1.10. The third kappa shape index (κ3) is 4.34. The van der Waals surface area contributed by atoms with Gasteiger partial charge in [0, 0.05) is 50.5 Å². The van der Waals surface area contributed by atoms with Crippen LogP contribution in [0.25, 0.3) is 5.65 Å². The molecule has 0 unspecified atom stereocenters. The number of carbonyl (C=O) groups is 1. The van der Waals surface area contributed by atoms with E-state index in [1.165, 1.54) is 5.69 Å². The van der Waals surface area contributed by atoms with E-state index in [0.717, 1.165) is 50.6 Å². The molecule has 1 aliphatic rings. The van der Waals surface area contributed by atoms with Crippen molar-refractivity contribution in [3.05, 3.63) is 54.7 Å². The molecule has 1 aromatic carbocycles. The fraction of sp³-hybridized carbons (Fsp3) is 0.409. The molecule has 1 N–H and O–H groups in total. The van der Waals surface area contributed by atoms with Gasteiger partial charge in [-0.1, -0.05) is 24.3 Å². The van der Waals surface area contributed by atoms with Crippen molar-refractivity contribution in [2.45, 2.75) is 19.8 Å².